The normalized spacial score (nSPS) is 12.7. The smallest absolute Gasteiger partial charge is 0.331 e. The van der Waals surface area contributed by atoms with Gasteiger partial charge >= 0.3 is 5.97 Å². The third-order valence-corrected chi connectivity index (χ3v) is 4.08. The highest BCUT2D eigenvalue weighted by molar-refractivity contribution is 14.1. The number of ether oxygens (including phenoxy) is 1. The first kappa shape index (κ1) is 20.4. The Kier molecular flexibility index (Phi) is 12.3. The van der Waals surface area contributed by atoms with Gasteiger partial charge in [0, 0.05) is 6.08 Å². The maximum Gasteiger partial charge on any atom is 0.331 e. The predicted molar refractivity (Wildman–Crippen MR) is 104 cm³/mol. The lowest BCUT2D eigenvalue weighted by Crippen LogP contribution is -2.22. The van der Waals surface area contributed by atoms with Crippen LogP contribution in [0.25, 0.3) is 0 Å². The van der Waals surface area contributed by atoms with Crippen LogP contribution in [0.3, 0.4) is 0 Å². The zero-order chi connectivity index (χ0) is 15.4. The van der Waals surface area contributed by atoms with E-state index < -0.39 is 5.60 Å². The molecule has 0 N–H and O–H groups in total. The SMILES string of the molecule is CC(C)(C)OC(=O)/C=C/C=C/C(CCCI)CCCI. The van der Waals surface area contributed by atoms with Crippen molar-refractivity contribution >= 4 is 51.2 Å². The topological polar surface area (TPSA) is 26.3 Å². The summed E-state index contributed by atoms with van der Waals surface area (Å²) in [5.41, 5.74) is -0.422. The molecule has 0 aliphatic rings. The van der Waals surface area contributed by atoms with Crippen molar-refractivity contribution < 1.29 is 9.53 Å². The number of hydrogen-bond donors (Lipinski definition) is 0. The Labute approximate surface area is 151 Å². The van der Waals surface area contributed by atoms with E-state index in [0.29, 0.717) is 5.92 Å². The second-order valence-corrected chi connectivity index (χ2v) is 7.86. The van der Waals surface area contributed by atoms with Gasteiger partial charge in [-0.2, -0.15) is 0 Å². The standard InChI is InChI=1S/C16H26I2O2/c1-16(2,3)20-15(19)11-5-4-8-14(9-6-12-17)10-7-13-18/h4-5,8,11,14H,6-7,9-10,12-13H2,1-3H3/b8-4+,11-5+. The van der Waals surface area contributed by atoms with Gasteiger partial charge in [-0.1, -0.05) is 63.4 Å². The lowest BCUT2D eigenvalue weighted by molar-refractivity contribution is -0.148. The quantitative estimate of drug-likeness (QED) is 0.137. The van der Waals surface area contributed by atoms with Crippen LogP contribution in [0.1, 0.15) is 46.5 Å². The van der Waals surface area contributed by atoms with Gasteiger partial charge in [-0.3, -0.25) is 0 Å². The van der Waals surface area contributed by atoms with Crippen molar-refractivity contribution in [3.05, 3.63) is 24.3 Å². The highest BCUT2D eigenvalue weighted by Gasteiger charge is 2.13. The van der Waals surface area contributed by atoms with E-state index in [2.05, 4.69) is 51.3 Å². The van der Waals surface area contributed by atoms with Crippen LogP contribution in [-0.2, 0) is 9.53 Å². The van der Waals surface area contributed by atoms with Crippen LogP contribution in [0, 0.1) is 5.92 Å². The zero-order valence-corrected chi connectivity index (χ0v) is 17.0. The Balaban J connectivity index is 4.23. The summed E-state index contributed by atoms with van der Waals surface area (Å²) in [5.74, 6) is 0.348. The molecule has 0 bridgehead atoms. The Hall–Kier alpha value is 0.410. The minimum absolute atomic E-state index is 0.279. The molecule has 0 saturated heterocycles. The van der Waals surface area contributed by atoms with Crippen molar-refractivity contribution in [1.29, 1.82) is 0 Å². The van der Waals surface area contributed by atoms with E-state index in [0.717, 1.165) is 0 Å². The van der Waals surface area contributed by atoms with Crippen LogP contribution in [0.4, 0.5) is 0 Å². The summed E-state index contributed by atoms with van der Waals surface area (Å²) in [7, 11) is 0. The number of esters is 1. The fourth-order valence-electron chi connectivity index (χ4n) is 1.71. The zero-order valence-electron chi connectivity index (χ0n) is 12.7. The van der Waals surface area contributed by atoms with E-state index in [9.17, 15) is 4.79 Å². The summed E-state index contributed by atoms with van der Waals surface area (Å²) >= 11 is 4.85. The van der Waals surface area contributed by atoms with Gasteiger partial charge in [-0.05, 0) is 61.2 Å². The molecule has 0 aromatic carbocycles. The fourth-order valence-corrected chi connectivity index (χ4v) is 2.59. The molecule has 0 rings (SSSR count). The molecule has 2 nitrogen and oxygen atoms in total. The largest absolute Gasteiger partial charge is 0.457 e. The minimum atomic E-state index is -0.422. The second kappa shape index (κ2) is 12.0. The Morgan fingerprint density at radius 3 is 2.10 bits per heavy atom. The lowest BCUT2D eigenvalue weighted by atomic mass is 9.98. The summed E-state index contributed by atoms with van der Waals surface area (Å²) in [6.45, 7) is 5.62. The molecule has 0 radical (unpaired) electrons. The summed E-state index contributed by atoms with van der Waals surface area (Å²) in [6, 6.07) is 0. The van der Waals surface area contributed by atoms with Gasteiger partial charge in [0.1, 0.15) is 5.60 Å². The second-order valence-electron chi connectivity index (χ2n) is 5.70. The average molecular weight is 504 g/mol. The third-order valence-electron chi connectivity index (χ3n) is 2.55. The van der Waals surface area contributed by atoms with E-state index in [1.807, 2.05) is 26.8 Å². The molecule has 20 heavy (non-hydrogen) atoms. The third kappa shape index (κ3) is 13.4. The number of halogens is 2. The van der Waals surface area contributed by atoms with Crippen LogP contribution >= 0.6 is 45.2 Å². The number of hydrogen-bond acceptors (Lipinski definition) is 2. The van der Waals surface area contributed by atoms with Gasteiger partial charge in [0.2, 0.25) is 0 Å². The van der Waals surface area contributed by atoms with Gasteiger partial charge < -0.3 is 4.74 Å². The highest BCUT2D eigenvalue weighted by atomic mass is 127. The van der Waals surface area contributed by atoms with Crippen LogP contribution in [-0.4, -0.2) is 20.4 Å². The molecular weight excluding hydrogens is 478 g/mol. The fraction of sp³-hybridized carbons (Fsp3) is 0.688. The maximum absolute atomic E-state index is 11.5. The molecule has 0 fully saturated rings. The Morgan fingerprint density at radius 1 is 1.10 bits per heavy atom. The lowest BCUT2D eigenvalue weighted by Gasteiger charge is -2.17. The summed E-state index contributed by atoms with van der Waals surface area (Å²) in [6.07, 6.45) is 12.5. The number of rotatable bonds is 9. The number of carbonyl (C=O) groups excluding carboxylic acids is 1. The molecule has 0 aromatic rings. The van der Waals surface area contributed by atoms with Crippen LogP contribution < -0.4 is 0 Å². The van der Waals surface area contributed by atoms with Gasteiger partial charge in [0.25, 0.3) is 0 Å². The van der Waals surface area contributed by atoms with Crippen LogP contribution in [0.2, 0.25) is 0 Å². The first-order valence-electron chi connectivity index (χ1n) is 7.09. The molecule has 0 aromatic heterocycles. The monoisotopic (exact) mass is 504 g/mol. The molecule has 116 valence electrons. The summed E-state index contributed by atoms with van der Waals surface area (Å²) in [5, 5.41) is 0. The molecule has 0 amide bonds. The van der Waals surface area contributed by atoms with Crippen molar-refractivity contribution in [3.8, 4) is 0 Å². The van der Waals surface area contributed by atoms with Crippen molar-refractivity contribution in [2.75, 3.05) is 8.86 Å². The van der Waals surface area contributed by atoms with Gasteiger partial charge in [0.15, 0.2) is 0 Å². The number of carbonyl (C=O) groups is 1. The van der Waals surface area contributed by atoms with Crippen LogP contribution in [0.15, 0.2) is 24.3 Å². The molecular formula is C16H26I2O2. The Bertz CT molecular complexity index is 309. The van der Waals surface area contributed by atoms with Crippen molar-refractivity contribution in [2.24, 2.45) is 5.92 Å². The first-order chi connectivity index (χ1) is 9.39. The van der Waals surface area contributed by atoms with E-state index in [-0.39, 0.29) is 5.97 Å². The number of allylic oxidation sites excluding steroid dienone is 3. The average Bonchev–Trinajstić information content (AvgIpc) is 2.34. The van der Waals surface area contributed by atoms with E-state index >= 15 is 0 Å². The van der Waals surface area contributed by atoms with Gasteiger partial charge in [0.05, 0.1) is 0 Å². The molecule has 0 saturated carbocycles. The van der Waals surface area contributed by atoms with E-state index in [4.69, 9.17) is 4.74 Å². The summed E-state index contributed by atoms with van der Waals surface area (Å²) in [4.78, 5) is 11.5. The van der Waals surface area contributed by atoms with Crippen molar-refractivity contribution in [2.45, 2.75) is 52.1 Å². The number of alkyl halides is 2. The van der Waals surface area contributed by atoms with Crippen molar-refractivity contribution in [3.63, 3.8) is 0 Å². The molecule has 0 heterocycles. The van der Waals surface area contributed by atoms with Gasteiger partial charge in [-0.25, -0.2) is 4.79 Å². The molecule has 0 spiro atoms. The molecule has 0 aliphatic carbocycles. The Morgan fingerprint density at radius 2 is 1.65 bits per heavy atom. The van der Waals surface area contributed by atoms with Gasteiger partial charge in [-0.15, -0.1) is 0 Å². The maximum atomic E-state index is 11.5. The minimum Gasteiger partial charge on any atom is -0.457 e. The summed E-state index contributed by atoms with van der Waals surface area (Å²) < 4.78 is 7.63. The van der Waals surface area contributed by atoms with Crippen molar-refractivity contribution in [1.82, 2.24) is 0 Å². The van der Waals surface area contributed by atoms with E-state index in [1.54, 1.807) is 6.08 Å². The van der Waals surface area contributed by atoms with E-state index in [1.165, 1.54) is 40.6 Å². The highest BCUT2D eigenvalue weighted by Crippen LogP contribution is 2.17. The molecule has 0 unspecified atom stereocenters. The predicted octanol–water partition coefficient (Wildman–Crippen LogP) is 5.49. The van der Waals surface area contributed by atoms with Crippen LogP contribution in [0.5, 0.6) is 0 Å². The first-order valence-corrected chi connectivity index (χ1v) is 10.1. The molecule has 4 heteroatoms. The molecule has 0 aliphatic heterocycles. The molecule has 0 atom stereocenters.